The van der Waals surface area contributed by atoms with Crippen LogP contribution in [0.1, 0.15) is 11.6 Å². The second-order valence-electron chi connectivity index (χ2n) is 5.22. The van der Waals surface area contributed by atoms with Gasteiger partial charge in [0, 0.05) is 19.4 Å². The number of aromatic nitrogens is 4. The highest BCUT2D eigenvalue weighted by Gasteiger charge is 2.28. The summed E-state index contributed by atoms with van der Waals surface area (Å²) in [6.45, 7) is 0.379. The van der Waals surface area contributed by atoms with Gasteiger partial charge in [0.2, 0.25) is 5.95 Å². The lowest BCUT2D eigenvalue weighted by atomic mass is 10.1. The van der Waals surface area contributed by atoms with E-state index in [4.69, 9.17) is 4.74 Å². The molecule has 0 saturated carbocycles. The molecule has 0 bridgehead atoms. The van der Waals surface area contributed by atoms with Crippen molar-refractivity contribution in [3.8, 4) is 17.1 Å². The van der Waals surface area contributed by atoms with Crippen molar-refractivity contribution in [2.45, 2.75) is 6.04 Å². The van der Waals surface area contributed by atoms with E-state index >= 15 is 0 Å². The Kier molecular flexibility index (Phi) is 3.18. The molecule has 1 unspecified atom stereocenters. The number of anilines is 1. The van der Waals surface area contributed by atoms with Gasteiger partial charge in [0.15, 0.2) is 5.82 Å². The van der Waals surface area contributed by atoms with Crippen LogP contribution in [0, 0.1) is 5.82 Å². The van der Waals surface area contributed by atoms with E-state index in [9.17, 15) is 4.39 Å². The zero-order chi connectivity index (χ0) is 15.8. The molecule has 3 heterocycles. The Morgan fingerprint density at radius 2 is 2.22 bits per heavy atom. The first kappa shape index (κ1) is 13.7. The Morgan fingerprint density at radius 1 is 1.30 bits per heavy atom. The van der Waals surface area contributed by atoms with Crippen molar-refractivity contribution in [3.05, 3.63) is 54.1 Å². The van der Waals surface area contributed by atoms with Gasteiger partial charge in [-0.15, -0.1) is 10.2 Å². The highest BCUT2D eigenvalue weighted by molar-refractivity contribution is 5.67. The summed E-state index contributed by atoms with van der Waals surface area (Å²) in [7, 11) is 1.77. The summed E-state index contributed by atoms with van der Waals surface area (Å²) in [5, 5.41) is 11.4. The Bertz CT molecular complexity index is 849. The predicted molar refractivity (Wildman–Crippen MR) is 82.8 cm³/mol. The molecule has 1 aliphatic rings. The monoisotopic (exact) mass is 311 g/mol. The van der Waals surface area contributed by atoms with Crippen LogP contribution < -0.4 is 10.1 Å². The first-order valence-corrected chi connectivity index (χ1v) is 7.23. The third kappa shape index (κ3) is 2.21. The number of pyridine rings is 1. The van der Waals surface area contributed by atoms with Crippen LogP contribution in [0.5, 0.6) is 5.75 Å². The van der Waals surface area contributed by atoms with E-state index in [0.717, 1.165) is 5.56 Å². The maximum Gasteiger partial charge on any atom is 0.225 e. The summed E-state index contributed by atoms with van der Waals surface area (Å²) in [6, 6.07) is 8.10. The smallest absolute Gasteiger partial charge is 0.225 e. The average molecular weight is 311 g/mol. The highest BCUT2D eigenvalue weighted by atomic mass is 19.1. The quantitative estimate of drug-likeness (QED) is 0.788. The van der Waals surface area contributed by atoms with Gasteiger partial charge in [-0.25, -0.2) is 4.39 Å². The lowest BCUT2D eigenvalue weighted by molar-refractivity contribution is 0.280. The summed E-state index contributed by atoms with van der Waals surface area (Å²) >= 11 is 0. The number of hydrogen-bond acceptors (Lipinski definition) is 5. The Balaban J connectivity index is 1.94. The molecule has 23 heavy (non-hydrogen) atoms. The van der Waals surface area contributed by atoms with Crippen molar-refractivity contribution >= 4 is 5.95 Å². The van der Waals surface area contributed by atoms with E-state index in [1.54, 1.807) is 25.5 Å². The maximum atomic E-state index is 13.7. The van der Waals surface area contributed by atoms with E-state index in [-0.39, 0.29) is 11.9 Å². The third-order valence-corrected chi connectivity index (χ3v) is 3.88. The fraction of sp³-hybridized carbons (Fsp3) is 0.188. The molecule has 116 valence electrons. The van der Waals surface area contributed by atoms with Gasteiger partial charge in [-0.3, -0.25) is 9.55 Å². The van der Waals surface area contributed by atoms with Crippen LogP contribution in [0.4, 0.5) is 10.3 Å². The Labute approximate surface area is 132 Å². The third-order valence-electron chi connectivity index (χ3n) is 3.88. The molecule has 2 aromatic heterocycles. The number of halogens is 1. The van der Waals surface area contributed by atoms with Crippen molar-refractivity contribution in [2.75, 3.05) is 19.0 Å². The molecular weight excluding hydrogens is 297 g/mol. The second kappa shape index (κ2) is 5.35. The molecule has 0 spiro atoms. The first-order valence-electron chi connectivity index (χ1n) is 7.23. The van der Waals surface area contributed by atoms with E-state index in [0.29, 0.717) is 29.7 Å². The van der Waals surface area contributed by atoms with Gasteiger partial charge in [-0.2, -0.15) is 0 Å². The van der Waals surface area contributed by atoms with Crippen LogP contribution in [-0.4, -0.2) is 33.4 Å². The van der Waals surface area contributed by atoms with Crippen molar-refractivity contribution in [1.82, 2.24) is 19.7 Å². The summed E-state index contributed by atoms with van der Waals surface area (Å²) < 4.78 is 21.5. The van der Waals surface area contributed by atoms with Crippen LogP contribution >= 0.6 is 0 Å². The van der Waals surface area contributed by atoms with Crippen LogP contribution in [0.25, 0.3) is 11.4 Å². The van der Waals surface area contributed by atoms with E-state index in [1.165, 1.54) is 12.1 Å². The van der Waals surface area contributed by atoms with Crippen molar-refractivity contribution < 1.29 is 9.13 Å². The molecular formula is C16H14FN5O. The molecule has 0 radical (unpaired) electrons. The van der Waals surface area contributed by atoms with Gasteiger partial charge in [0.25, 0.3) is 0 Å². The van der Waals surface area contributed by atoms with Gasteiger partial charge >= 0.3 is 0 Å². The number of ether oxygens (including phenoxy) is 1. The summed E-state index contributed by atoms with van der Waals surface area (Å²) in [6.07, 6.45) is 3.51. The minimum absolute atomic E-state index is 0.161. The van der Waals surface area contributed by atoms with E-state index in [1.807, 2.05) is 16.7 Å². The molecule has 1 atom stereocenters. The number of nitrogens with one attached hydrogen (secondary N) is 1. The van der Waals surface area contributed by atoms with Crippen molar-refractivity contribution in [1.29, 1.82) is 0 Å². The molecule has 0 amide bonds. The number of fused-ring (bicyclic) bond motifs is 3. The number of nitrogens with zero attached hydrogens (tertiary/aromatic N) is 4. The molecule has 4 rings (SSSR count). The molecule has 6 nitrogen and oxygen atoms in total. The molecule has 0 saturated heterocycles. The zero-order valence-corrected chi connectivity index (χ0v) is 12.4. The number of hydrogen-bond donors (Lipinski definition) is 1. The van der Waals surface area contributed by atoms with Crippen LogP contribution in [0.2, 0.25) is 0 Å². The van der Waals surface area contributed by atoms with Crippen LogP contribution in [-0.2, 0) is 0 Å². The van der Waals surface area contributed by atoms with Gasteiger partial charge in [-0.05, 0) is 29.8 Å². The van der Waals surface area contributed by atoms with Gasteiger partial charge in [0.05, 0.1) is 11.6 Å². The Morgan fingerprint density at radius 3 is 3.00 bits per heavy atom. The minimum Gasteiger partial charge on any atom is -0.490 e. The standard InChI is InChI=1S/C16H14FN5O/c1-18-16-21-20-15-12-7-11(17)4-5-14(12)23-9-13(22(15)16)10-3-2-6-19-8-10/h2-8,13H,9H2,1H3,(H,18,21). The van der Waals surface area contributed by atoms with Gasteiger partial charge < -0.3 is 10.1 Å². The normalized spacial score (nSPS) is 16.0. The van der Waals surface area contributed by atoms with E-state index in [2.05, 4.69) is 20.5 Å². The topological polar surface area (TPSA) is 64.9 Å². The average Bonchev–Trinajstić information content (AvgIpc) is 2.94. The summed E-state index contributed by atoms with van der Waals surface area (Å²) in [4.78, 5) is 4.18. The van der Waals surface area contributed by atoms with Crippen LogP contribution in [0.15, 0.2) is 42.7 Å². The SMILES string of the molecule is CNc1nnc2n1C(c1cccnc1)COc1ccc(F)cc1-2. The van der Waals surface area contributed by atoms with Gasteiger partial charge in [0.1, 0.15) is 18.2 Å². The number of benzene rings is 1. The van der Waals surface area contributed by atoms with E-state index < -0.39 is 0 Å². The molecule has 3 aromatic rings. The minimum atomic E-state index is -0.340. The number of rotatable bonds is 2. The summed E-state index contributed by atoms with van der Waals surface area (Å²) in [5.74, 6) is 1.41. The van der Waals surface area contributed by atoms with Crippen molar-refractivity contribution in [3.63, 3.8) is 0 Å². The predicted octanol–water partition coefficient (Wildman–Crippen LogP) is 2.50. The van der Waals surface area contributed by atoms with Gasteiger partial charge in [-0.1, -0.05) is 6.07 Å². The molecule has 1 aromatic carbocycles. The largest absolute Gasteiger partial charge is 0.490 e. The fourth-order valence-corrected chi connectivity index (χ4v) is 2.81. The highest BCUT2D eigenvalue weighted by Crippen LogP contribution is 2.38. The molecule has 1 aliphatic heterocycles. The zero-order valence-electron chi connectivity index (χ0n) is 12.4. The summed E-state index contributed by atoms with van der Waals surface area (Å²) in [5.41, 5.74) is 1.56. The fourth-order valence-electron chi connectivity index (χ4n) is 2.81. The van der Waals surface area contributed by atoms with Crippen molar-refractivity contribution in [2.24, 2.45) is 0 Å². The first-order chi connectivity index (χ1) is 11.3. The van der Waals surface area contributed by atoms with Crippen LogP contribution in [0.3, 0.4) is 0 Å². The lowest BCUT2D eigenvalue weighted by Crippen LogP contribution is -2.19. The lowest BCUT2D eigenvalue weighted by Gasteiger charge is -2.19. The molecule has 0 fully saturated rings. The molecule has 1 N–H and O–H groups in total. The Hall–Kier alpha value is -2.96. The molecule has 7 heteroatoms. The molecule has 0 aliphatic carbocycles. The maximum absolute atomic E-state index is 13.7. The second-order valence-corrected chi connectivity index (χ2v) is 5.22.